The van der Waals surface area contributed by atoms with Crippen LogP contribution in [-0.4, -0.2) is 4.98 Å². The average molecular weight is 231 g/mol. The van der Waals surface area contributed by atoms with Crippen LogP contribution in [0, 0.1) is 12.7 Å². The summed E-state index contributed by atoms with van der Waals surface area (Å²) in [5, 5.41) is 3.01. The van der Waals surface area contributed by atoms with Crippen molar-refractivity contribution in [2.75, 3.05) is 11.1 Å². The molecule has 0 fully saturated rings. The molecule has 0 spiro atoms. The topological polar surface area (TPSA) is 50.9 Å². The van der Waals surface area contributed by atoms with Crippen LogP contribution >= 0.6 is 0 Å². The van der Waals surface area contributed by atoms with Crippen LogP contribution in [0.25, 0.3) is 0 Å². The zero-order valence-corrected chi connectivity index (χ0v) is 9.57. The molecule has 0 aliphatic rings. The SMILES string of the molecule is Cc1cnccc1CNc1c(N)cccc1F. The van der Waals surface area contributed by atoms with Gasteiger partial charge in [0.15, 0.2) is 0 Å². The molecule has 0 amide bonds. The van der Waals surface area contributed by atoms with Crippen LogP contribution in [0.5, 0.6) is 0 Å². The third-order valence-corrected chi connectivity index (χ3v) is 2.64. The molecule has 0 saturated carbocycles. The molecule has 88 valence electrons. The predicted octanol–water partition coefficient (Wildman–Crippen LogP) is 2.72. The highest BCUT2D eigenvalue weighted by molar-refractivity contribution is 5.66. The summed E-state index contributed by atoms with van der Waals surface area (Å²) >= 11 is 0. The highest BCUT2D eigenvalue weighted by Gasteiger charge is 2.05. The quantitative estimate of drug-likeness (QED) is 0.798. The van der Waals surface area contributed by atoms with Crippen LogP contribution in [0.3, 0.4) is 0 Å². The third-order valence-electron chi connectivity index (χ3n) is 2.64. The van der Waals surface area contributed by atoms with Gasteiger partial charge in [0.2, 0.25) is 0 Å². The van der Waals surface area contributed by atoms with Gasteiger partial charge in [0, 0.05) is 18.9 Å². The molecule has 0 unspecified atom stereocenters. The molecule has 3 nitrogen and oxygen atoms in total. The van der Waals surface area contributed by atoms with Crippen molar-refractivity contribution >= 4 is 11.4 Å². The number of anilines is 2. The Kier molecular flexibility index (Phi) is 3.23. The highest BCUT2D eigenvalue weighted by Crippen LogP contribution is 2.22. The number of nitrogens with two attached hydrogens (primary N) is 1. The first-order valence-corrected chi connectivity index (χ1v) is 5.36. The van der Waals surface area contributed by atoms with Gasteiger partial charge < -0.3 is 11.1 Å². The maximum atomic E-state index is 13.5. The number of hydrogen-bond acceptors (Lipinski definition) is 3. The van der Waals surface area contributed by atoms with Crippen molar-refractivity contribution in [3.05, 3.63) is 53.6 Å². The van der Waals surface area contributed by atoms with Gasteiger partial charge in [0.25, 0.3) is 0 Å². The van der Waals surface area contributed by atoms with E-state index in [9.17, 15) is 4.39 Å². The summed E-state index contributed by atoms with van der Waals surface area (Å²) in [4.78, 5) is 4.01. The minimum Gasteiger partial charge on any atom is -0.397 e. The van der Waals surface area contributed by atoms with Gasteiger partial charge in [0.05, 0.1) is 11.4 Å². The molecule has 1 heterocycles. The Hall–Kier alpha value is -2.10. The number of para-hydroxylation sites is 1. The summed E-state index contributed by atoms with van der Waals surface area (Å²) in [6, 6.07) is 6.55. The third kappa shape index (κ3) is 2.53. The Balaban J connectivity index is 2.16. The monoisotopic (exact) mass is 231 g/mol. The second-order valence-corrected chi connectivity index (χ2v) is 3.86. The van der Waals surface area contributed by atoms with E-state index in [0.29, 0.717) is 17.9 Å². The summed E-state index contributed by atoms with van der Waals surface area (Å²) in [6.07, 6.45) is 3.50. The molecular weight excluding hydrogens is 217 g/mol. The van der Waals surface area contributed by atoms with Gasteiger partial charge in [-0.1, -0.05) is 6.07 Å². The minimum absolute atomic E-state index is 0.336. The lowest BCUT2D eigenvalue weighted by molar-refractivity contribution is 0.630. The second-order valence-electron chi connectivity index (χ2n) is 3.86. The Labute approximate surface area is 99.5 Å². The molecule has 17 heavy (non-hydrogen) atoms. The van der Waals surface area contributed by atoms with E-state index >= 15 is 0 Å². The van der Waals surface area contributed by atoms with Crippen LogP contribution in [0.4, 0.5) is 15.8 Å². The molecule has 2 rings (SSSR count). The van der Waals surface area contributed by atoms with E-state index < -0.39 is 0 Å². The molecule has 0 saturated heterocycles. The number of halogens is 1. The van der Waals surface area contributed by atoms with E-state index in [0.717, 1.165) is 11.1 Å². The highest BCUT2D eigenvalue weighted by atomic mass is 19.1. The average Bonchev–Trinajstić information content (AvgIpc) is 2.30. The summed E-state index contributed by atoms with van der Waals surface area (Å²) in [6.45, 7) is 2.49. The van der Waals surface area contributed by atoms with Gasteiger partial charge in [-0.3, -0.25) is 4.98 Å². The van der Waals surface area contributed by atoms with E-state index in [-0.39, 0.29) is 5.82 Å². The second kappa shape index (κ2) is 4.82. The smallest absolute Gasteiger partial charge is 0.148 e. The Morgan fingerprint density at radius 1 is 1.35 bits per heavy atom. The molecule has 0 atom stereocenters. The van der Waals surface area contributed by atoms with Crippen LogP contribution in [0.15, 0.2) is 36.7 Å². The molecule has 0 aliphatic heterocycles. The molecule has 2 aromatic rings. The van der Waals surface area contributed by atoms with E-state index in [4.69, 9.17) is 5.73 Å². The standard InChI is InChI=1S/C13H14FN3/c1-9-7-16-6-5-10(9)8-17-13-11(14)3-2-4-12(13)15/h2-7,17H,8,15H2,1H3. The van der Waals surface area contributed by atoms with Crippen molar-refractivity contribution in [3.63, 3.8) is 0 Å². The van der Waals surface area contributed by atoms with Crippen molar-refractivity contribution in [3.8, 4) is 0 Å². The van der Waals surface area contributed by atoms with Gasteiger partial charge in [-0.15, -0.1) is 0 Å². The van der Waals surface area contributed by atoms with Gasteiger partial charge in [-0.2, -0.15) is 0 Å². The lowest BCUT2D eigenvalue weighted by Crippen LogP contribution is -2.05. The number of benzene rings is 1. The number of aromatic nitrogens is 1. The van der Waals surface area contributed by atoms with Gasteiger partial charge >= 0.3 is 0 Å². The van der Waals surface area contributed by atoms with Gasteiger partial charge in [-0.25, -0.2) is 4.39 Å². The number of nitrogens with one attached hydrogen (secondary N) is 1. The number of aryl methyl sites for hydroxylation is 1. The zero-order valence-electron chi connectivity index (χ0n) is 9.57. The van der Waals surface area contributed by atoms with E-state index in [2.05, 4.69) is 10.3 Å². The minimum atomic E-state index is -0.336. The lowest BCUT2D eigenvalue weighted by Gasteiger charge is -2.11. The largest absolute Gasteiger partial charge is 0.397 e. The number of rotatable bonds is 3. The lowest BCUT2D eigenvalue weighted by atomic mass is 10.1. The Bertz CT molecular complexity index is 506. The fraction of sp³-hybridized carbons (Fsp3) is 0.154. The first kappa shape index (κ1) is 11.4. The fourth-order valence-corrected chi connectivity index (χ4v) is 1.61. The summed E-state index contributed by atoms with van der Waals surface area (Å²) in [7, 11) is 0. The van der Waals surface area contributed by atoms with Crippen molar-refractivity contribution in [1.29, 1.82) is 0 Å². The summed E-state index contributed by atoms with van der Waals surface area (Å²) in [5.74, 6) is -0.336. The Morgan fingerprint density at radius 2 is 2.18 bits per heavy atom. The first-order valence-electron chi connectivity index (χ1n) is 5.36. The van der Waals surface area contributed by atoms with Crippen molar-refractivity contribution in [1.82, 2.24) is 4.98 Å². The van der Waals surface area contributed by atoms with E-state index in [1.54, 1.807) is 24.5 Å². The molecule has 0 radical (unpaired) electrons. The van der Waals surface area contributed by atoms with Crippen molar-refractivity contribution < 1.29 is 4.39 Å². The maximum Gasteiger partial charge on any atom is 0.148 e. The normalized spacial score (nSPS) is 10.2. The van der Waals surface area contributed by atoms with Gasteiger partial charge in [0.1, 0.15) is 5.82 Å². The number of nitrogen functional groups attached to an aromatic ring is 1. The molecule has 3 N–H and O–H groups in total. The number of hydrogen-bond donors (Lipinski definition) is 2. The molecule has 1 aromatic carbocycles. The van der Waals surface area contributed by atoms with Crippen LogP contribution in [0.1, 0.15) is 11.1 Å². The molecule has 0 aliphatic carbocycles. The number of nitrogens with zero attached hydrogens (tertiary/aromatic N) is 1. The molecular formula is C13H14FN3. The fourth-order valence-electron chi connectivity index (χ4n) is 1.61. The number of pyridine rings is 1. The Morgan fingerprint density at radius 3 is 2.88 bits per heavy atom. The zero-order chi connectivity index (χ0) is 12.3. The molecule has 1 aromatic heterocycles. The van der Waals surface area contributed by atoms with Gasteiger partial charge in [-0.05, 0) is 36.2 Å². The van der Waals surface area contributed by atoms with Crippen LogP contribution in [-0.2, 0) is 6.54 Å². The van der Waals surface area contributed by atoms with E-state index in [1.165, 1.54) is 6.07 Å². The molecule has 4 heteroatoms. The summed E-state index contributed by atoms with van der Waals surface area (Å²) < 4.78 is 13.5. The first-order chi connectivity index (χ1) is 8.18. The van der Waals surface area contributed by atoms with Crippen LogP contribution < -0.4 is 11.1 Å². The maximum absolute atomic E-state index is 13.5. The molecule has 0 bridgehead atoms. The van der Waals surface area contributed by atoms with Crippen molar-refractivity contribution in [2.45, 2.75) is 13.5 Å². The van der Waals surface area contributed by atoms with E-state index in [1.807, 2.05) is 13.0 Å². The van der Waals surface area contributed by atoms with Crippen molar-refractivity contribution in [2.24, 2.45) is 0 Å². The van der Waals surface area contributed by atoms with Crippen LogP contribution in [0.2, 0.25) is 0 Å². The predicted molar refractivity (Wildman–Crippen MR) is 67.1 cm³/mol. The summed E-state index contributed by atoms with van der Waals surface area (Å²) in [5.41, 5.74) is 8.61.